The Hall–Kier alpha value is -1.67. The van der Waals surface area contributed by atoms with Gasteiger partial charge in [0, 0.05) is 31.1 Å². The van der Waals surface area contributed by atoms with Crippen molar-refractivity contribution in [3.8, 4) is 0 Å². The number of carboxylic acids is 1. The van der Waals surface area contributed by atoms with Gasteiger partial charge in [-0.05, 0) is 59.3 Å². The first-order valence-corrected chi connectivity index (χ1v) is 12.4. The average Bonchev–Trinajstić information content (AvgIpc) is 3.52. The second-order valence-electron chi connectivity index (χ2n) is 10.1. The normalized spacial score (nSPS) is 28.9. The molecule has 13 heteroatoms. The first-order chi connectivity index (χ1) is 16.9. The number of carbonyl (C=O) groups excluding carboxylic acids is 1. The van der Waals surface area contributed by atoms with Crippen molar-refractivity contribution in [2.24, 2.45) is 11.8 Å². The van der Waals surface area contributed by atoms with Gasteiger partial charge in [0.05, 0.1) is 32.5 Å². The predicted octanol–water partition coefficient (Wildman–Crippen LogP) is 3.69. The zero-order valence-electron chi connectivity index (χ0n) is 21.2. The molecule has 4 saturated heterocycles. The SMILES string of the molecule is C1COCC(C2CCON2)C1.CC(C)(C)OC(=O)N1OCCC1C1CCCOC1.O=C(O)C(F)(F)F. The molecule has 0 aliphatic carbocycles. The van der Waals surface area contributed by atoms with E-state index < -0.39 is 17.7 Å². The predicted molar refractivity (Wildman–Crippen MR) is 121 cm³/mol. The summed E-state index contributed by atoms with van der Waals surface area (Å²) in [5, 5.41) is 8.55. The van der Waals surface area contributed by atoms with Crippen LogP contribution in [0.5, 0.6) is 0 Å². The fourth-order valence-electron chi connectivity index (χ4n) is 4.30. The molecule has 0 spiro atoms. The zero-order valence-corrected chi connectivity index (χ0v) is 21.2. The second kappa shape index (κ2) is 14.3. The first-order valence-electron chi connectivity index (χ1n) is 12.4. The molecule has 1 amide bonds. The molecule has 4 heterocycles. The number of hydrogen-bond acceptors (Lipinski definition) is 8. The number of carboxylic acid groups (broad SMARTS) is 1. The topological polar surface area (TPSA) is 116 Å². The van der Waals surface area contributed by atoms with Gasteiger partial charge >= 0.3 is 18.2 Å². The van der Waals surface area contributed by atoms with E-state index in [9.17, 15) is 18.0 Å². The number of nitrogens with zero attached hydrogens (tertiary/aromatic N) is 1. The van der Waals surface area contributed by atoms with Crippen LogP contribution in [-0.2, 0) is 28.7 Å². The Balaban J connectivity index is 0.000000215. The molecular formula is C23H39F3N2O8. The van der Waals surface area contributed by atoms with Crippen LogP contribution in [0.1, 0.15) is 59.3 Å². The lowest BCUT2D eigenvalue weighted by Crippen LogP contribution is -2.44. The molecule has 0 aromatic heterocycles. The van der Waals surface area contributed by atoms with Crippen LogP contribution in [0.3, 0.4) is 0 Å². The number of nitrogens with one attached hydrogen (secondary N) is 1. The summed E-state index contributed by atoms with van der Waals surface area (Å²) in [6, 6.07) is 0.649. The quantitative estimate of drug-likeness (QED) is 0.554. The molecule has 210 valence electrons. The van der Waals surface area contributed by atoms with Gasteiger partial charge in [0.25, 0.3) is 0 Å². The van der Waals surface area contributed by atoms with E-state index in [2.05, 4.69) is 5.48 Å². The molecule has 4 unspecified atom stereocenters. The molecular weight excluding hydrogens is 489 g/mol. The molecule has 0 bridgehead atoms. The molecule has 0 aromatic carbocycles. The summed E-state index contributed by atoms with van der Waals surface area (Å²) < 4.78 is 48.0. The number of amides is 1. The molecule has 0 aromatic rings. The third-order valence-corrected chi connectivity index (χ3v) is 6.03. The van der Waals surface area contributed by atoms with Crippen molar-refractivity contribution in [1.29, 1.82) is 0 Å². The third-order valence-electron chi connectivity index (χ3n) is 6.03. The molecule has 36 heavy (non-hydrogen) atoms. The van der Waals surface area contributed by atoms with Gasteiger partial charge in [-0.3, -0.25) is 4.84 Å². The lowest BCUT2D eigenvalue weighted by molar-refractivity contribution is -0.192. The van der Waals surface area contributed by atoms with Crippen molar-refractivity contribution in [3.63, 3.8) is 0 Å². The highest BCUT2D eigenvalue weighted by molar-refractivity contribution is 5.73. The van der Waals surface area contributed by atoms with Crippen LogP contribution in [0.15, 0.2) is 0 Å². The highest BCUT2D eigenvalue weighted by Gasteiger charge is 2.39. The monoisotopic (exact) mass is 528 g/mol. The van der Waals surface area contributed by atoms with Crippen LogP contribution in [-0.4, -0.2) is 85.7 Å². The zero-order chi connectivity index (χ0) is 26.8. The van der Waals surface area contributed by atoms with Crippen molar-refractivity contribution < 1.29 is 51.8 Å². The minimum atomic E-state index is -5.08. The Kier molecular flexibility index (Phi) is 12.2. The molecule has 4 rings (SSSR count). The van der Waals surface area contributed by atoms with Crippen LogP contribution in [0.25, 0.3) is 0 Å². The van der Waals surface area contributed by atoms with Gasteiger partial charge in [-0.1, -0.05) is 0 Å². The molecule has 2 N–H and O–H groups in total. The van der Waals surface area contributed by atoms with Crippen molar-refractivity contribution >= 4 is 12.1 Å². The molecule has 10 nitrogen and oxygen atoms in total. The highest BCUT2D eigenvalue weighted by atomic mass is 19.4. The molecule has 4 aliphatic heterocycles. The number of aliphatic carboxylic acids is 1. The lowest BCUT2D eigenvalue weighted by Gasteiger charge is -2.33. The number of halogens is 3. The highest BCUT2D eigenvalue weighted by Crippen LogP contribution is 2.29. The van der Waals surface area contributed by atoms with Crippen LogP contribution >= 0.6 is 0 Å². The van der Waals surface area contributed by atoms with Gasteiger partial charge in [0.1, 0.15) is 5.60 Å². The van der Waals surface area contributed by atoms with Gasteiger partial charge in [-0.15, -0.1) is 0 Å². The fraction of sp³-hybridized carbons (Fsp3) is 0.913. The Morgan fingerprint density at radius 3 is 1.94 bits per heavy atom. The minimum Gasteiger partial charge on any atom is -0.475 e. The minimum absolute atomic E-state index is 0.0974. The van der Waals surface area contributed by atoms with E-state index >= 15 is 0 Å². The van der Waals surface area contributed by atoms with Gasteiger partial charge in [0.15, 0.2) is 0 Å². The number of ether oxygens (including phenoxy) is 3. The molecule has 0 saturated carbocycles. The van der Waals surface area contributed by atoms with Crippen molar-refractivity contribution in [1.82, 2.24) is 10.5 Å². The summed E-state index contributed by atoms with van der Waals surface area (Å²) in [6.07, 6.45) is 1.21. The Morgan fingerprint density at radius 1 is 0.917 bits per heavy atom. The van der Waals surface area contributed by atoms with Crippen LogP contribution in [0.4, 0.5) is 18.0 Å². The van der Waals surface area contributed by atoms with E-state index in [1.807, 2.05) is 20.8 Å². The first kappa shape index (κ1) is 30.6. The summed E-state index contributed by atoms with van der Waals surface area (Å²) >= 11 is 0. The standard InChI is InChI=1S/C13H23NO4.C8H15NO2.C2HF3O2/c1-13(2,3)18-12(15)14-11(6-8-17-14)10-5-4-7-16-9-10;1-2-7(6-10-4-1)8-3-5-11-9-8;3-2(4,5)1(6)7/h10-11H,4-9H2,1-3H3;7-9H,1-6H2;(H,6,7). The van der Waals surface area contributed by atoms with E-state index in [4.69, 9.17) is 33.8 Å². The van der Waals surface area contributed by atoms with Gasteiger partial charge in [0.2, 0.25) is 0 Å². The lowest BCUT2D eigenvalue weighted by atomic mass is 9.92. The number of hydrogen-bond donors (Lipinski definition) is 2. The summed E-state index contributed by atoms with van der Waals surface area (Å²) in [7, 11) is 0. The van der Waals surface area contributed by atoms with Crippen molar-refractivity contribution in [3.05, 3.63) is 0 Å². The number of alkyl halides is 3. The summed E-state index contributed by atoms with van der Waals surface area (Å²) in [4.78, 5) is 31.5. The maximum Gasteiger partial charge on any atom is 0.490 e. The number of carbonyl (C=O) groups is 2. The van der Waals surface area contributed by atoms with E-state index in [0.717, 1.165) is 52.1 Å². The van der Waals surface area contributed by atoms with Crippen molar-refractivity contribution in [2.75, 3.05) is 39.6 Å². The smallest absolute Gasteiger partial charge is 0.475 e. The molecule has 4 atom stereocenters. The largest absolute Gasteiger partial charge is 0.490 e. The van der Waals surface area contributed by atoms with E-state index in [-0.39, 0.29) is 12.1 Å². The maximum atomic E-state index is 12.1. The summed E-state index contributed by atoms with van der Waals surface area (Å²) in [5.74, 6) is -1.70. The Bertz CT molecular complexity index is 671. The maximum absolute atomic E-state index is 12.1. The van der Waals surface area contributed by atoms with Crippen LogP contribution in [0.2, 0.25) is 0 Å². The Morgan fingerprint density at radius 2 is 1.50 bits per heavy atom. The second-order valence-corrected chi connectivity index (χ2v) is 10.1. The average molecular weight is 529 g/mol. The van der Waals surface area contributed by atoms with Gasteiger partial charge in [-0.25, -0.2) is 9.59 Å². The number of rotatable bonds is 2. The van der Waals surface area contributed by atoms with Gasteiger partial charge < -0.3 is 24.2 Å². The van der Waals surface area contributed by atoms with Crippen molar-refractivity contribution in [2.45, 2.75) is 83.2 Å². The third kappa shape index (κ3) is 10.8. The van der Waals surface area contributed by atoms with E-state index in [1.165, 1.54) is 17.9 Å². The van der Waals surface area contributed by atoms with E-state index in [0.29, 0.717) is 31.1 Å². The van der Waals surface area contributed by atoms with E-state index in [1.54, 1.807) is 0 Å². The molecule has 4 aliphatic rings. The fourth-order valence-corrected chi connectivity index (χ4v) is 4.30. The van der Waals surface area contributed by atoms with Gasteiger partial charge in [-0.2, -0.15) is 23.7 Å². The number of hydroxylamine groups is 3. The summed E-state index contributed by atoms with van der Waals surface area (Å²) in [6.45, 7) is 10.4. The Labute approximate surface area is 209 Å². The molecule has 4 fully saturated rings. The summed E-state index contributed by atoms with van der Waals surface area (Å²) in [5.41, 5.74) is 2.56. The van der Waals surface area contributed by atoms with Crippen LogP contribution in [0, 0.1) is 11.8 Å². The van der Waals surface area contributed by atoms with Crippen LogP contribution < -0.4 is 5.48 Å². The molecule has 0 radical (unpaired) electrons.